The predicted octanol–water partition coefficient (Wildman–Crippen LogP) is 13.7. The SMILES string of the molecule is c1ccc(-c2ccccc2N(c2cccc(-c3ccc4ccccc4c3)c2)c2ccccc2-c2oc3ccccc3c2-c2ccccc2)cc1. The molecule has 0 aliphatic heterocycles. The Morgan fingerprint density at radius 3 is 1.74 bits per heavy atom. The molecule has 0 bridgehead atoms. The first kappa shape index (κ1) is 29.5. The smallest absolute Gasteiger partial charge is 0.145 e. The van der Waals surface area contributed by atoms with Gasteiger partial charge in [0.2, 0.25) is 0 Å². The molecule has 0 fully saturated rings. The molecule has 2 nitrogen and oxygen atoms in total. The molecule has 1 aromatic heterocycles. The summed E-state index contributed by atoms with van der Waals surface area (Å²) in [6.45, 7) is 0. The second-order valence-electron chi connectivity index (χ2n) is 12.5. The summed E-state index contributed by atoms with van der Waals surface area (Å²) >= 11 is 0. The Morgan fingerprint density at radius 1 is 0.360 bits per heavy atom. The fourth-order valence-corrected chi connectivity index (χ4v) is 7.12. The molecule has 0 amide bonds. The molecular formula is C48H33NO. The molecule has 2 heteroatoms. The predicted molar refractivity (Wildman–Crippen MR) is 210 cm³/mol. The average molecular weight is 640 g/mol. The number of anilines is 3. The van der Waals surface area contributed by atoms with E-state index in [1.807, 2.05) is 6.07 Å². The Kier molecular flexibility index (Phi) is 7.53. The maximum atomic E-state index is 6.82. The van der Waals surface area contributed by atoms with Crippen molar-refractivity contribution in [2.45, 2.75) is 0 Å². The highest BCUT2D eigenvalue weighted by Crippen LogP contribution is 2.49. The highest BCUT2D eigenvalue weighted by molar-refractivity contribution is 6.05. The molecule has 0 saturated carbocycles. The number of nitrogens with zero attached hydrogens (tertiary/aromatic N) is 1. The molecule has 236 valence electrons. The molecule has 9 aromatic rings. The van der Waals surface area contributed by atoms with Crippen molar-refractivity contribution in [2.75, 3.05) is 4.90 Å². The largest absolute Gasteiger partial charge is 0.455 e. The van der Waals surface area contributed by atoms with Crippen LogP contribution in [-0.2, 0) is 0 Å². The topological polar surface area (TPSA) is 16.4 Å². The Bertz CT molecular complexity index is 2600. The van der Waals surface area contributed by atoms with Gasteiger partial charge in [-0.05, 0) is 75.5 Å². The van der Waals surface area contributed by atoms with E-state index in [2.05, 4.69) is 199 Å². The van der Waals surface area contributed by atoms with E-state index in [0.29, 0.717) is 0 Å². The Hall–Kier alpha value is -6.64. The van der Waals surface area contributed by atoms with E-state index in [-0.39, 0.29) is 0 Å². The van der Waals surface area contributed by atoms with Gasteiger partial charge in [0.05, 0.1) is 11.4 Å². The van der Waals surface area contributed by atoms with Gasteiger partial charge in [0.15, 0.2) is 0 Å². The van der Waals surface area contributed by atoms with Crippen molar-refractivity contribution in [2.24, 2.45) is 0 Å². The minimum absolute atomic E-state index is 0.848. The van der Waals surface area contributed by atoms with E-state index < -0.39 is 0 Å². The van der Waals surface area contributed by atoms with Crippen molar-refractivity contribution in [3.8, 4) is 44.7 Å². The summed E-state index contributed by atoms with van der Waals surface area (Å²) in [5.41, 5.74) is 11.9. The highest BCUT2D eigenvalue weighted by Gasteiger charge is 2.25. The summed E-state index contributed by atoms with van der Waals surface area (Å²) in [5, 5.41) is 3.56. The third-order valence-electron chi connectivity index (χ3n) is 9.46. The van der Waals surface area contributed by atoms with E-state index in [1.54, 1.807) is 0 Å². The molecule has 9 rings (SSSR count). The van der Waals surface area contributed by atoms with Gasteiger partial charge in [-0.1, -0.05) is 158 Å². The number of para-hydroxylation sites is 3. The summed E-state index contributed by atoms with van der Waals surface area (Å²) < 4.78 is 6.82. The average Bonchev–Trinajstić information content (AvgIpc) is 3.59. The van der Waals surface area contributed by atoms with Crippen LogP contribution in [-0.4, -0.2) is 0 Å². The van der Waals surface area contributed by atoms with E-state index in [0.717, 1.165) is 67.2 Å². The standard InChI is InChI=1S/C48H33NO/c1-3-17-35(18-4-1)41-24-9-12-27-44(41)49(40-23-15-22-38(33-40)39-31-30-34-16-7-8-21-37(34)32-39)45-28-13-10-25-42(45)48-47(36-19-5-2-6-20-36)43-26-11-14-29-46(43)50-48/h1-33H. The first-order valence-corrected chi connectivity index (χ1v) is 17.0. The molecule has 0 aliphatic carbocycles. The zero-order valence-electron chi connectivity index (χ0n) is 27.4. The van der Waals surface area contributed by atoms with Crippen LogP contribution in [0.2, 0.25) is 0 Å². The highest BCUT2D eigenvalue weighted by atomic mass is 16.3. The molecule has 0 aliphatic rings. The molecule has 0 radical (unpaired) electrons. The summed E-state index contributed by atoms with van der Waals surface area (Å²) in [5.74, 6) is 0.848. The summed E-state index contributed by atoms with van der Waals surface area (Å²) in [4.78, 5) is 2.39. The number of hydrogen-bond acceptors (Lipinski definition) is 2. The summed E-state index contributed by atoms with van der Waals surface area (Å²) in [6.07, 6.45) is 0. The van der Waals surface area contributed by atoms with Crippen LogP contribution in [0.25, 0.3) is 66.4 Å². The number of fused-ring (bicyclic) bond motifs is 2. The number of benzene rings is 8. The van der Waals surface area contributed by atoms with Gasteiger partial charge in [-0.25, -0.2) is 0 Å². The van der Waals surface area contributed by atoms with E-state index in [9.17, 15) is 0 Å². The lowest BCUT2D eigenvalue weighted by Crippen LogP contribution is -2.12. The zero-order valence-corrected chi connectivity index (χ0v) is 27.4. The lowest BCUT2D eigenvalue weighted by Gasteiger charge is -2.30. The first-order valence-electron chi connectivity index (χ1n) is 17.0. The lowest BCUT2D eigenvalue weighted by atomic mass is 9.96. The van der Waals surface area contributed by atoms with Crippen molar-refractivity contribution in [3.05, 3.63) is 200 Å². The minimum atomic E-state index is 0.848. The maximum Gasteiger partial charge on any atom is 0.145 e. The Morgan fingerprint density at radius 2 is 0.940 bits per heavy atom. The number of furan rings is 1. The fraction of sp³-hybridized carbons (Fsp3) is 0. The van der Waals surface area contributed by atoms with Crippen LogP contribution >= 0.6 is 0 Å². The van der Waals surface area contributed by atoms with Crippen LogP contribution in [0.15, 0.2) is 205 Å². The zero-order chi connectivity index (χ0) is 33.3. The van der Waals surface area contributed by atoms with E-state index >= 15 is 0 Å². The second kappa shape index (κ2) is 12.8. The lowest BCUT2D eigenvalue weighted by molar-refractivity contribution is 0.632. The summed E-state index contributed by atoms with van der Waals surface area (Å²) in [6, 6.07) is 71.0. The van der Waals surface area contributed by atoms with E-state index in [1.165, 1.54) is 16.3 Å². The molecule has 0 spiro atoms. The van der Waals surface area contributed by atoms with E-state index in [4.69, 9.17) is 4.42 Å². The van der Waals surface area contributed by atoms with Crippen molar-refractivity contribution < 1.29 is 4.42 Å². The first-order chi connectivity index (χ1) is 24.8. The molecule has 0 saturated heterocycles. The van der Waals surface area contributed by atoms with Gasteiger partial charge in [-0.15, -0.1) is 0 Å². The van der Waals surface area contributed by atoms with Gasteiger partial charge in [0, 0.05) is 27.8 Å². The minimum Gasteiger partial charge on any atom is -0.455 e. The Balaban J connectivity index is 1.30. The van der Waals surface area contributed by atoms with Gasteiger partial charge >= 0.3 is 0 Å². The molecule has 8 aromatic carbocycles. The van der Waals surface area contributed by atoms with Crippen LogP contribution in [0.1, 0.15) is 0 Å². The van der Waals surface area contributed by atoms with Crippen LogP contribution in [0.4, 0.5) is 17.1 Å². The van der Waals surface area contributed by atoms with Crippen LogP contribution < -0.4 is 4.90 Å². The van der Waals surface area contributed by atoms with Crippen LogP contribution in [0, 0.1) is 0 Å². The second-order valence-corrected chi connectivity index (χ2v) is 12.5. The Labute approximate surface area is 292 Å². The molecule has 0 unspecified atom stereocenters. The van der Waals surface area contributed by atoms with Gasteiger partial charge in [-0.2, -0.15) is 0 Å². The van der Waals surface area contributed by atoms with Gasteiger partial charge in [0.1, 0.15) is 11.3 Å². The van der Waals surface area contributed by atoms with Gasteiger partial charge in [0.25, 0.3) is 0 Å². The monoisotopic (exact) mass is 639 g/mol. The van der Waals surface area contributed by atoms with Crippen LogP contribution in [0.5, 0.6) is 0 Å². The summed E-state index contributed by atoms with van der Waals surface area (Å²) in [7, 11) is 0. The van der Waals surface area contributed by atoms with Crippen molar-refractivity contribution >= 4 is 38.8 Å². The number of rotatable bonds is 7. The normalized spacial score (nSPS) is 11.2. The molecule has 50 heavy (non-hydrogen) atoms. The third-order valence-corrected chi connectivity index (χ3v) is 9.46. The van der Waals surface area contributed by atoms with Crippen molar-refractivity contribution in [1.82, 2.24) is 0 Å². The fourth-order valence-electron chi connectivity index (χ4n) is 7.12. The van der Waals surface area contributed by atoms with Crippen molar-refractivity contribution in [3.63, 3.8) is 0 Å². The van der Waals surface area contributed by atoms with Gasteiger partial charge < -0.3 is 9.32 Å². The molecule has 0 atom stereocenters. The molecular weight excluding hydrogens is 607 g/mol. The quantitative estimate of drug-likeness (QED) is 0.173. The number of hydrogen-bond donors (Lipinski definition) is 0. The maximum absolute atomic E-state index is 6.82. The molecule has 0 N–H and O–H groups in total. The molecule has 1 heterocycles. The van der Waals surface area contributed by atoms with Crippen molar-refractivity contribution in [1.29, 1.82) is 0 Å². The van der Waals surface area contributed by atoms with Gasteiger partial charge in [-0.3, -0.25) is 0 Å². The van der Waals surface area contributed by atoms with Crippen LogP contribution in [0.3, 0.4) is 0 Å². The third kappa shape index (κ3) is 5.34.